The van der Waals surface area contributed by atoms with E-state index in [9.17, 15) is 15.0 Å². The van der Waals surface area contributed by atoms with Crippen molar-refractivity contribution in [2.24, 2.45) is 0 Å². The molecule has 2 rings (SSSR count). The first-order valence-corrected chi connectivity index (χ1v) is 6.41. The highest BCUT2D eigenvalue weighted by atomic mass is 16.5. The number of carbonyl (C=O) groups is 1. The van der Waals surface area contributed by atoms with Gasteiger partial charge in [0.25, 0.3) is 0 Å². The number of benzene rings is 2. The van der Waals surface area contributed by atoms with Crippen molar-refractivity contribution >= 4 is 5.97 Å². The lowest BCUT2D eigenvalue weighted by atomic mass is 10.0. The van der Waals surface area contributed by atoms with Gasteiger partial charge >= 0.3 is 5.97 Å². The molecule has 0 aliphatic rings. The Bertz CT molecular complexity index is 596. The summed E-state index contributed by atoms with van der Waals surface area (Å²) in [6.45, 7) is 5.15. The van der Waals surface area contributed by atoms with Gasteiger partial charge in [-0.15, -0.1) is 0 Å². The fourth-order valence-electron chi connectivity index (χ4n) is 1.83. The summed E-state index contributed by atoms with van der Waals surface area (Å²) in [7, 11) is 0. The molecule has 0 spiro atoms. The van der Waals surface area contributed by atoms with E-state index < -0.39 is 12.1 Å². The number of hydrogen-bond acceptors (Lipinski definition) is 4. The normalized spacial score (nSPS) is 10.4. The molecule has 0 heterocycles. The topological polar surface area (TPSA) is 66.8 Å². The van der Waals surface area contributed by atoms with Crippen LogP contribution in [-0.4, -0.2) is 16.2 Å². The lowest BCUT2D eigenvalue weighted by Gasteiger charge is -2.19. The molecule has 4 heteroatoms. The molecule has 0 bridgehead atoms. The van der Waals surface area contributed by atoms with Crippen molar-refractivity contribution in [3.05, 3.63) is 71.8 Å². The maximum absolute atomic E-state index is 11.8. The zero-order valence-electron chi connectivity index (χ0n) is 11.6. The lowest BCUT2D eigenvalue weighted by molar-refractivity contribution is -0.142. The number of esters is 1. The van der Waals surface area contributed by atoms with Crippen LogP contribution in [-0.2, 0) is 9.53 Å². The third-order valence-corrected chi connectivity index (χ3v) is 2.97. The second-order valence-corrected chi connectivity index (χ2v) is 4.75. The average molecular weight is 284 g/mol. The predicted molar refractivity (Wildman–Crippen MR) is 79.0 cm³/mol. The van der Waals surface area contributed by atoms with E-state index in [0.29, 0.717) is 16.7 Å². The Morgan fingerprint density at radius 3 is 1.67 bits per heavy atom. The number of aromatic hydroxyl groups is 2. The first-order valence-electron chi connectivity index (χ1n) is 6.41. The third-order valence-electron chi connectivity index (χ3n) is 2.97. The minimum Gasteiger partial charge on any atom is -0.508 e. The second-order valence-electron chi connectivity index (χ2n) is 4.75. The van der Waals surface area contributed by atoms with E-state index >= 15 is 0 Å². The van der Waals surface area contributed by atoms with Crippen LogP contribution in [0.4, 0.5) is 0 Å². The van der Waals surface area contributed by atoms with Crippen molar-refractivity contribution in [1.82, 2.24) is 0 Å². The van der Waals surface area contributed by atoms with Crippen LogP contribution in [0.1, 0.15) is 24.2 Å². The maximum atomic E-state index is 11.8. The van der Waals surface area contributed by atoms with Gasteiger partial charge in [0.15, 0.2) is 6.10 Å². The Kier molecular flexibility index (Phi) is 4.28. The molecular weight excluding hydrogens is 268 g/mol. The molecule has 4 nitrogen and oxygen atoms in total. The van der Waals surface area contributed by atoms with Crippen LogP contribution in [0.3, 0.4) is 0 Å². The Hall–Kier alpha value is -2.75. The zero-order valence-corrected chi connectivity index (χ0v) is 11.6. The van der Waals surface area contributed by atoms with Crippen LogP contribution in [0.2, 0.25) is 0 Å². The highest BCUT2D eigenvalue weighted by Crippen LogP contribution is 2.29. The monoisotopic (exact) mass is 284 g/mol. The largest absolute Gasteiger partial charge is 0.508 e. The molecule has 108 valence electrons. The summed E-state index contributed by atoms with van der Waals surface area (Å²) in [6.07, 6.45) is -0.629. The smallest absolute Gasteiger partial charge is 0.334 e. The first kappa shape index (κ1) is 14.7. The van der Waals surface area contributed by atoms with E-state index in [-0.39, 0.29) is 11.5 Å². The zero-order chi connectivity index (χ0) is 15.4. The number of rotatable bonds is 4. The number of phenols is 2. The van der Waals surface area contributed by atoms with E-state index in [4.69, 9.17) is 4.74 Å². The summed E-state index contributed by atoms with van der Waals surface area (Å²) in [5, 5.41) is 18.7. The van der Waals surface area contributed by atoms with Crippen LogP contribution in [0.15, 0.2) is 60.7 Å². The Morgan fingerprint density at radius 1 is 0.952 bits per heavy atom. The molecule has 0 aliphatic heterocycles. The number of carbonyl (C=O) groups excluding carboxylic acids is 1. The first-order chi connectivity index (χ1) is 9.97. The number of phenolic OH excluding ortho intramolecular Hbond substituents is 2. The van der Waals surface area contributed by atoms with Gasteiger partial charge in [0, 0.05) is 5.57 Å². The summed E-state index contributed by atoms with van der Waals surface area (Å²) in [6, 6.07) is 12.8. The van der Waals surface area contributed by atoms with E-state index in [1.807, 2.05) is 0 Å². The van der Waals surface area contributed by atoms with Gasteiger partial charge in [0.05, 0.1) is 0 Å². The van der Waals surface area contributed by atoms with Crippen LogP contribution >= 0.6 is 0 Å². The molecule has 2 aromatic carbocycles. The van der Waals surface area contributed by atoms with Crippen LogP contribution in [0.25, 0.3) is 0 Å². The standard InChI is InChI=1S/C17H16O4/c1-11(2)17(20)21-16(12-3-7-14(18)8-4-12)13-5-9-15(19)10-6-13/h3-10,16,18-19H,1H2,2H3. The molecule has 0 fully saturated rings. The highest BCUT2D eigenvalue weighted by Gasteiger charge is 2.19. The van der Waals surface area contributed by atoms with Gasteiger partial charge < -0.3 is 14.9 Å². The summed E-state index contributed by atoms with van der Waals surface area (Å²) in [5.41, 5.74) is 1.73. The quantitative estimate of drug-likeness (QED) is 0.667. The van der Waals surface area contributed by atoms with E-state index in [2.05, 4.69) is 6.58 Å². The van der Waals surface area contributed by atoms with Crippen molar-refractivity contribution in [1.29, 1.82) is 0 Å². The highest BCUT2D eigenvalue weighted by molar-refractivity contribution is 5.87. The van der Waals surface area contributed by atoms with Crippen molar-refractivity contribution in [2.45, 2.75) is 13.0 Å². The summed E-state index contributed by atoms with van der Waals surface area (Å²) < 4.78 is 5.46. The second kappa shape index (κ2) is 6.13. The molecule has 0 saturated heterocycles. The number of ether oxygens (including phenoxy) is 1. The van der Waals surface area contributed by atoms with Crippen LogP contribution < -0.4 is 0 Å². The number of hydrogen-bond donors (Lipinski definition) is 2. The Balaban J connectivity index is 2.38. The maximum Gasteiger partial charge on any atom is 0.334 e. The molecule has 21 heavy (non-hydrogen) atoms. The Morgan fingerprint density at radius 2 is 1.33 bits per heavy atom. The fraction of sp³-hybridized carbons (Fsp3) is 0.118. The van der Waals surface area contributed by atoms with Gasteiger partial charge in [-0.1, -0.05) is 30.8 Å². The van der Waals surface area contributed by atoms with E-state index in [1.165, 1.54) is 24.3 Å². The summed E-state index contributed by atoms with van der Waals surface area (Å²) >= 11 is 0. The minimum atomic E-state index is -0.629. The van der Waals surface area contributed by atoms with Crippen molar-refractivity contribution in [2.75, 3.05) is 0 Å². The molecule has 0 saturated carbocycles. The molecule has 0 amide bonds. The van der Waals surface area contributed by atoms with Gasteiger partial charge in [0.1, 0.15) is 11.5 Å². The lowest BCUT2D eigenvalue weighted by Crippen LogP contribution is -2.13. The Labute approximate surface area is 122 Å². The summed E-state index contributed by atoms with van der Waals surface area (Å²) in [4.78, 5) is 11.8. The van der Waals surface area contributed by atoms with Gasteiger partial charge in [-0.05, 0) is 42.3 Å². The fourth-order valence-corrected chi connectivity index (χ4v) is 1.83. The molecule has 0 aromatic heterocycles. The van der Waals surface area contributed by atoms with Gasteiger partial charge in [0.2, 0.25) is 0 Å². The molecule has 0 unspecified atom stereocenters. The molecular formula is C17H16O4. The summed E-state index contributed by atoms with van der Waals surface area (Å²) in [5.74, 6) is -0.231. The van der Waals surface area contributed by atoms with Crippen molar-refractivity contribution in [3.63, 3.8) is 0 Å². The molecule has 0 aliphatic carbocycles. The van der Waals surface area contributed by atoms with Gasteiger partial charge in [-0.25, -0.2) is 4.79 Å². The molecule has 0 radical (unpaired) electrons. The molecule has 2 aromatic rings. The molecule has 0 atom stereocenters. The van der Waals surface area contributed by atoms with Crippen LogP contribution in [0, 0.1) is 0 Å². The van der Waals surface area contributed by atoms with Gasteiger partial charge in [-0.2, -0.15) is 0 Å². The molecule has 2 N–H and O–H groups in total. The van der Waals surface area contributed by atoms with Gasteiger partial charge in [-0.3, -0.25) is 0 Å². The van der Waals surface area contributed by atoms with Crippen molar-refractivity contribution in [3.8, 4) is 11.5 Å². The third kappa shape index (κ3) is 3.63. The average Bonchev–Trinajstić information content (AvgIpc) is 2.46. The SMILES string of the molecule is C=C(C)C(=O)OC(c1ccc(O)cc1)c1ccc(O)cc1. The van der Waals surface area contributed by atoms with E-state index in [1.54, 1.807) is 31.2 Å². The van der Waals surface area contributed by atoms with Crippen molar-refractivity contribution < 1.29 is 19.7 Å². The van der Waals surface area contributed by atoms with Crippen LogP contribution in [0.5, 0.6) is 11.5 Å². The minimum absolute atomic E-state index is 0.134. The van der Waals surface area contributed by atoms with E-state index in [0.717, 1.165) is 0 Å². The predicted octanol–water partition coefficient (Wildman–Crippen LogP) is 3.31.